The van der Waals surface area contributed by atoms with Gasteiger partial charge in [-0.05, 0) is 56.2 Å². The van der Waals surface area contributed by atoms with E-state index in [2.05, 4.69) is 21.4 Å². The molecule has 7 nitrogen and oxygen atoms in total. The van der Waals surface area contributed by atoms with Gasteiger partial charge in [-0.3, -0.25) is 10.1 Å². The highest BCUT2D eigenvalue weighted by Gasteiger charge is 2.19. The molecule has 2 N–H and O–H groups in total. The summed E-state index contributed by atoms with van der Waals surface area (Å²) in [6, 6.07) is 4.03. The largest absolute Gasteiger partial charge is 0.710 e. The lowest BCUT2D eigenvalue weighted by atomic mass is 9.92. The normalized spacial score (nSPS) is 14.1. The lowest BCUT2D eigenvalue weighted by molar-refractivity contribution is -0.599. The molecule has 0 aromatic carbocycles. The summed E-state index contributed by atoms with van der Waals surface area (Å²) in [5.74, 6) is 0.571. The number of aliphatic carboxylic acids is 1. The summed E-state index contributed by atoms with van der Waals surface area (Å²) in [5, 5.41) is 24.9. The molecule has 0 saturated carbocycles. The second-order valence-electron chi connectivity index (χ2n) is 7.83. The van der Waals surface area contributed by atoms with Gasteiger partial charge in [0.1, 0.15) is 11.5 Å². The molecule has 2 aromatic heterocycles. The minimum atomic E-state index is -0.795. The molecular formula is C22H30N4O3. The molecule has 0 saturated heterocycles. The number of carboxylic acids is 1. The van der Waals surface area contributed by atoms with Gasteiger partial charge in [0, 0.05) is 24.4 Å². The predicted molar refractivity (Wildman–Crippen MR) is 111 cm³/mol. The predicted octanol–water partition coefficient (Wildman–Crippen LogP) is 3.53. The average Bonchev–Trinajstić information content (AvgIpc) is 2.71. The van der Waals surface area contributed by atoms with Crippen LogP contribution < -0.4 is 10.0 Å². The molecule has 1 aliphatic heterocycles. The monoisotopic (exact) mass is 398 g/mol. The van der Waals surface area contributed by atoms with E-state index in [-0.39, 0.29) is 12.3 Å². The summed E-state index contributed by atoms with van der Waals surface area (Å²) < 4.78 is 1.06. The lowest BCUT2D eigenvalue weighted by Gasteiger charge is -2.20. The highest BCUT2D eigenvalue weighted by atomic mass is 16.5. The first-order valence-corrected chi connectivity index (χ1v) is 10.5. The number of unbranched alkanes of at least 4 members (excludes halogenated alkanes) is 3. The summed E-state index contributed by atoms with van der Waals surface area (Å²) >= 11 is 0. The Balaban J connectivity index is 1.44. The summed E-state index contributed by atoms with van der Waals surface area (Å²) in [7, 11) is 0. The number of hydrogen-bond donors (Lipinski definition) is 2. The van der Waals surface area contributed by atoms with E-state index in [1.54, 1.807) is 12.4 Å². The molecule has 0 amide bonds. The highest BCUT2D eigenvalue weighted by Crippen LogP contribution is 2.25. The third-order valence-electron chi connectivity index (χ3n) is 5.59. The van der Waals surface area contributed by atoms with Crippen LogP contribution in [0.5, 0.6) is 0 Å². The first-order chi connectivity index (χ1) is 14.0. The van der Waals surface area contributed by atoms with Crippen molar-refractivity contribution in [3.8, 4) is 0 Å². The Morgan fingerprint density at radius 1 is 1.24 bits per heavy atom. The van der Waals surface area contributed by atoms with Crippen molar-refractivity contribution in [2.24, 2.45) is 0 Å². The second kappa shape index (κ2) is 10.2. The van der Waals surface area contributed by atoms with Crippen LogP contribution in [-0.4, -0.2) is 27.6 Å². The molecule has 29 heavy (non-hydrogen) atoms. The number of rotatable bonds is 10. The van der Waals surface area contributed by atoms with E-state index in [4.69, 9.17) is 0 Å². The van der Waals surface area contributed by atoms with E-state index in [1.165, 1.54) is 0 Å². The highest BCUT2D eigenvalue weighted by molar-refractivity contribution is 5.68. The first-order valence-electron chi connectivity index (χ1n) is 10.5. The third-order valence-corrected chi connectivity index (χ3v) is 5.59. The van der Waals surface area contributed by atoms with Gasteiger partial charge in [-0.15, -0.1) is 0 Å². The zero-order valence-electron chi connectivity index (χ0n) is 17.1. The maximum atomic E-state index is 12.5. The van der Waals surface area contributed by atoms with Crippen LogP contribution in [-0.2, 0) is 17.6 Å². The van der Waals surface area contributed by atoms with Gasteiger partial charge >= 0.3 is 5.97 Å². The fraction of sp³-hybridized carbons (Fsp3) is 0.545. The topological polar surface area (TPSA) is 102 Å². The Labute approximate surface area is 171 Å². The van der Waals surface area contributed by atoms with Gasteiger partial charge in [0.15, 0.2) is 0 Å². The summed E-state index contributed by atoms with van der Waals surface area (Å²) in [4.78, 5) is 19.6. The van der Waals surface area contributed by atoms with Crippen LogP contribution in [0.25, 0.3) is 0 Å². The van der Waals surface area contributed by atoms with Gasteiger partial charge in [0.05, 0.1) is 13.0 Å². The number of hydrogen-bond acceptors (Lipinski definition) is 5. The van der Waals surface area contributed by atoms with E-state index in [0.29, 0.717) is 5.82 Å². The number of nitrogens with zero attached hydrogens (tertiary/aromatic N) is 3. The van der Waals surface area contributed by atoms with E-state index in [9.17, 15) is 15.1 Å². The molecule has 0 unspecified atom stereocenters. The van der Waals surface area contributed by atoms with Crippen molar-refractivity contribution in [2.75, 3.05) is 11.9 Å². The van der Waals surface area contributed by atoms with Crippen LogP contribution in [0.4, 0.5) is 5.82 Å². The van der Waals surface area contributed by atoms with Crippen molar-refractivity contribution < 1.29 is 14.6 Å². The molecule has 0 fully saturated rings. The van der Waals surface area contributed by atoms with Gasteiger partial charge < -0.3 is 10.3 Å². The first kappa shape index (κ1) is 21.0. The van der Waals surface area contributed by atoms with E-state index in [1.807, 2.05) is 13.0 Å². The number of pyridine rings is 1. The number of carbonyl (C=O) groups is 1. The molecule has 3 heterocycles. The maximum Gasteiger partial charge on any atom is 0.303 e. The molecule has 1 atom stereocenters. The molecule has 1 aliphatic rings. The third kappa shape index (κ3) is 5.89. The Morgan fingerprint density at radius 3 is 2.76 bits per heavy atom. The van der Waals surface area contributed by atoms with Crippen LogP contribution in [0.2, 0.25) is 0 Å². The number of fused-ring (bicyclic) bond motifs is 1. The van der Waals surface area contributed by atoms with Crippen molar-refractivity contribution in [1.82, 2.24) is 9.97 Å². The Morgan fingerprint density at radius 2 is 2.00 bits per heavy atom. The number of carboxylic acid groups (broad SMARTS) is 1. The number of aromatic nitrogens is 3. The van der Waals surface area contributed by atoms with Gasteiger partial charge in [0.2, 0.25) is 0 Å². The molecule has 0 bridgehead atoms. The lowest BCUT2D eigenvalue weighted by Crippen LogP contribution is -2.38. The summed E-state index contributed by atoms with van der Waals surface area (Å²) in [6.45, 7) is 2.68. The Hall–Kier alpha value is -2.70. The van der Waals surface area contributed by atoms with Crippen molar-refractivity contribution in [3.63, 3.8) is 0 Å². The zero-order chi connectivity index (χ0) is 20.6. The number of anilines is 1. The Bertz CT molecular complexity index is 824. The fourth-order valence-electron chi connectivity index (χ4n) is 3.94. The SMILES string of the molecule is Cc1ncc([C@@H](CCCCCCc2ccc3c([n+]2[O-])NCCC3)CC(=O)O)cn1. The van der Waals surface area contributed by atoms with Crippen molar-refractivity contribution in [1.29, 1.82) is 0 Å². The molecule has 156 valence electrons. The fourth-order valence-corrected chi connectivity index (χ4v) is 3.94. The van der Waals surface area contributed by atoms with E-state index in [0.717, 1.165) is 85.3 Å². The molecule has 3 rings (SSSR count). The minimum Gasteiger partial charge on any atom is -0.710 e. The average molecular weight is 399 g/mol. The number of aryl methyl sites for hydroxylation is 3. The molecular weight excluding hydrogens is 368 g/mol. The summed E-state index contributed by atoms with van der Waals surface area (Å²) in [5.41, 5.74) is 2.82. The maximum absolute atomic E-state index is 12.5. The van der Waals surface area contributed by atoms with Gasteiger partial charge in [0.25, 0.3) is 5.82 Å². The summed E-state index contributed by atoms with van der Waals surface area (Å²) in [6.07, 6.45) is 11.2. The molecule has 0 aliphatic carbocycles. The molecule has 0 radical (unpaired) electrons. The molecule has 0 spiro atoms. The molecule has 2 aromatic rings. The zero-order valence-corrected chi connectivity index (χ0v) is 17.1. The van der Waals surface area contributed by atoms with E-state index < -0.39 is 5.97 Å². The van der Waals surface area contributed by atoms with E-state index >= 15 is 0 Å². The second-order valence-corrected chi connectivity index (χ2v) is 7.83. The van der Waals surface area contributed by atoms with Crippen LogP contribution in [0.15, 0.2) is 24.5 Å². The van der Waals surface area contributed by atoms with Crippen LogP contribution in [0, 0.1) is 12.1 Å². The van der Waals surface area contributed by atoms with Crippen molar-refractivity contribution >= 4 is 11.8 Å². The van der Waals surface area contributed by atoms with Crippen LogP contribution >= 0.6 is 0 Å². The molecule has 7 heteroatoms. The van der Waals surface area contributed by atoms with Gasteiger partial charge in [-0.25, -0.2) is 14.7 Å². The van der Waals surface area contributed by atoms with Gasteiger partial charge in [-0.2, -0.15) is 0 Å². The van der Waals surface area contributed by atoms with Crippen LogP contribution in [0.3, 0.4) is 0 Å². The standard InChI is InChI=1S/C22H30N4O3/c1-16-24-14-19(15-25-16)18(13-21(27)28)7-4-2-3-5-9-20-11-10-17-8-6-12-23-22(17)26(20)29/h10-11,14-15,18,23H,2-9,12-13H2,1H3,(H,27,28)/t18-/m0/s1. The Kier molecular flexibility index (Phi) is 7.38. The van der Waals surface area contributed by atoms with Crippen LogP contribution in [0.1, 0.15) is 73.5 Å². The quantitative estimate of drug-likeness (QED) is 0.361. The smallest absolute Gasteiger partial charge is 0.303 e. The number of nitrogens with one attached hydrogen (secondary N) is 1. The van der Waals surface area contributed by atoms with Gasteiger partial charge in [-0.1, -0.05) is 19.3 Å². The van der Waals surface area contributed by atoms with Crippen molar-refractivity contribution in [2.45, 2.75) is 70.6 Å². The minimum absolute atomic E-state index is 0.0522. The van der Waals surface area contributed by atoms with Crippen molar-refractivity contribution in [3.05, 3.63) is 52.4 Å².